The second-order valence-corrected chi connectivity index (χ2v) is 3.68. The molecule has 0 radical (unpaired) electrons. The Morgan fingerprint density at radius 3 is 2.45 bits per heavy atom. The highest BCUT2D eigenvalue weighted by atomic mass is 19.2. The molecule has 5 nitrogen and oxygen atoms in total. The van der Waals surface area contributed by atoms with Crippen LogP contribution in [0.1, 0.15) is 20.9 Å². The van der Waals surface area contributed by atoms with Crippen molar-refractivity contribution in [3.63, 3.8) is 0 Å². The fourth-order valence-corrected chi connectivity index (χ4v) is 1.37. The predicted octanol–water partition coefficient (Wildman–Crippen LogP) is 2.65. The van der Waals surface area contributed by atoms with Crippen molar-refractivity contribution in [2.75, 3.05) is 5.32 Å². The van der Waals surface area contributed by atoms with Crippen molar-refractivity contribution in [1.82, 2.24) is 0 Å². The quantitative estimate of drug-likeness (QED) is 0.850. The van der Waals surface area contributed by atoms with E-state index in [1.54, 1.807) is 0 Å². The number of hydrogen-bond acceptors (Lipinski definition) is 3. The lowest BCUT2D eigenvalue weighted by Gasteiger charge is -2.05. The molecule has 1 amide bonds. The van der Waals surface area contributed by atoms with E-state index < -0.39 is 40.8 Å². The summed E-state index contributed by atoms with van der Waals surface area (Å²) >= 11 is 0. The molecule has 104 valence electrons. The highest BCUT2D eigenvalue weighted by molar-refractivity contribution is 6.03. The summed E-state index contributed by atoms with van der Waals surface area (Å²) in [5, 5.41) is 10.6. The minimum atomic E-state index is -1.73. The number of aromatic carboxylic acids is 1. The van der Waals surface area contributed by atoms with Crippen LogP contribution in [0.25, 0.3) is 0 Å². The molecule has 0 unspecified atom stereocenters. The molecule has 2 rings (SSSR count). The fraction of sp³-hybridized carbons (Fsp3) is 0. The maximum atomic E-state index is 13.3. The third-order valence-corrected chi connectivity index (χ3v) is 2.35. The van der Waals surface area contributed by atoms with Crippen LogP contribution in [-0.4, -0.2) is 17.0 Å². The number of carbonyl (C=O) groups is 2. The van der Waals surface area contributed by atoms with Gasteiger partial charge in [-0.15, -0.1) is 0 Å². The van der Waals surface area contributed by atoms with Crippen molar-refractivity contribution in [3.05, 3.63) is 53.2 Å². The Kier molecular flexibility index (Phi) is 3.47. The van der Waals surface area contributed by atoms with Crippen LogP contribution < -0.4 is 5.32 Å². The van der Waals surface area contributed by atoms with Crippen LogP contribution >= 0.6 is 0 Å². The van der Waals surface area contributed by atoms with E-state index in [-0.39, 0.29) is 5.56 Å². The highest BCUT2D eigenvalue weighted by Gasteiger charge is 2.19. The third kappa shape index (κ3) is 2.48. The van der Waals surface area contributed by atoms with Gasteiger partial charge in [-0.3, -0.25) is 4.79 Å². The summed E-state index contributed by atoms with van der Waals surface area (Å²) in [6, 6.07) is 2.38. The molecule has 2 N–H and O–H groups in total. The van der Waals surface area contributed by atoms with Crippen molar-refractivity contribution < 1.29 is 32.3 Å². The Bertz CT molecular complexity index is 696. The number of nitrogens with one attached hydrogen (secondary N) is 1. The van der Waals surface area contributed by atoms with E-state index in [1.165, 1.54) is 0 Å². The molecule has 0 bridgehead atoms. The minimum absolute atomic E-state index is 0.277. The first-order chi connectivity index (χ1) is 9.40. The summed E-state index contributed by atoms with van der Waals surface area (Å²) in [5.41, 5.74) is -0.872. The Labute approximate surface area is 109 Å². The lowest BCUT2D eigenvalue weighted by molar-refractivity contribution is 0.0696. The average Bonchev–Trinajstić information content (AvgIpc) is 2.89. The number of halogens is 3. The van der Waals surface area contributed by atoms with E-state index in [9.17, 15) is 22.8 Å². The number of hydrogen-bond donors (Lipinski definition) is 2. The van der Waals surface area contributed by atoms with Gasteiger partial charge in [0.2, 0.25) is 0 Å². The lowest BCUT2D eigenvalue weighted by Crippen LogP contribution is -2.13. The van der Waals surface area contributed by atoms with E-state index in [4.69, 9.17) is 5.11 Å². The van der Waals surface area contributed by atoms with Gasteiger partial charge in [0.25, 0.3) is 5.91 Å². The molecule has 1 heterocycles. The third-order valence-electron chi connectivity index (χ3n) is 2.35. The molecule has 2 aromatic rings. The largest absolute Gasteiger partial charge is 0.478 e. The van der Waals surface area contributed by atoms with Crippen LogP contribution in [0.3, 0.4) is 0 Å². The van der Waals surface area contributed by atoms with Gasteiger partial charge in [-0.25, -0.2) is 18.0 Å². The zero-order valence-corrected chi connectivity index (χ0v) is 9.62. The van der Waals surface area contributed by atoms with Gasteiger partial charge in [0, 0.05) is 6.07 Å². The summed E-state index contributed by atoms with van der Waals surface area (Å²) in [4.78, 5) is 22.2. The maximum absolute atomic E-state index is 13.3. The topological polar surface area (TPSA) is 79.5 Å². The molecule has 1 aromatic heterocycles. The van der Waals surface area contributed by atoms with E-state index in [0.717, 1.165) is 18.4 Å². The number of carboxylic acid groups (broad SMARTS) is 1. The molecule has 0 fully saturated rings. The predicted molar refractivity (Wildman–Crippen MR) is 59.9 cm³/mol. The van der Waals surface area contributed by atoms with Crippen LogP contribution in [0.4, 0.5) is 18.9 Å². The number of benzene rings is 1. The van der Waals surface area contributed by atoms with Crippen molar-refractivity contribution in [3.8, 4) is 0 Å². The van der Waals surface area contributed by atoms with Crippen LogP contribution in [-0.2, 0) is 0 Å². The van der Waals surface area contributed by atoms with Crippen molar-refractivity contribution in [2.45, 2.75) is 0 Å². The van der Waals surface area contributed by atoms with Gasteiger partial charge in [0.1, 0.15) is 6.26 Å². The van der Waals surface area contributed by atoms with Crippen molar-refractivity contribution >= 4 is 17.6 Å². The molecule has 8 heteroatoms. The number of rotatable bonds is 3. The molecule has 20 heavy (non-hydrogen) atoms. The first-order valence-corrected chi connectivity index (χ1v) is 5.17. The summed E-state index contributed by atoms with van der Waals surface area (Å²) in [5.74, 6) is -7.41. The second-order valence-electron chi connectivity index (χ2n) is 3.68. The maximum Gasteiger partial charge on any atom is 0.338 e. The van der Waals surface area contributed by atoms with Crippen molar-refractivity contribution in [2.24, 2.45) is 0 Å². The number of carbonyl (C=O) groups excluding carboxylic acids is 1. The van der Waals surface area contributed by atoms with Gasteiger partial charge >= 0.3 is 5.97 Å². The van der Waals surface area contributed by atoms with Gasteiger partial charge in [-0.1, -0.05) is 0 Å². The molecular weight excluding hydrogens is 279 g/mol. The molecular formula is C12H6F3NO4. The van der Waals surface area contributed by atoms with E-state index in [0.29, 0.717) is 6.07 Å². The fourth-order valence-electron chi connectivity index (χ4n) is 1.37. The van der Waals surface area contributed by atoms with Gasteiger partial charge in [-0.2, -0.15) is 0 Å². The van der Waals surface area contributed by atoms with Crippen LogP contribution in [0, 0.1) is 17.5 Å². The van der Waals surface area contributed by atoms with E-state index in [2.05, 4.69) is 4.42 Å². The van der Waals surface area contributed by atoms with Gasteiger partial charge in [0.05, 0.1) is 11.3 Å². The highest BCUT2D eigenvalue weighted by Crippen LogP contribution is 2.20. The Morgan fingerprint density at radius 1 is 1.15 bits per heavy atom. The number of amides is 1. The molecule has 0 saturated heterocycles. The molecule has 0 aliphatic heterocycles. The lowest BCUT2D eigenvalue weighted by atomic mass is 10.2. The number of anilines is 1. The summed E-state index contributed by atoms with van der Waals surface area (Å²) in [6.45, 7) is 0. The van der Waals surface area contributed by atoms with Crippen LogP contribution in [0.15, 0.2) is 28.9 Å². The SMILES string of the molecule is O=C(O)c1coc(C(=O)Nc2ccc(F)c(F)c2F)c1. The molecule has 0 atom stereocenters. The first kappa shape index (κ1) is 13.7. The molecule has 0 spiro atoms. The molecule has 1 aromatic carbocycles. The monoisotopic (exact) mass is 285 g/mol. The summed E-state index contributed by atoms with van der Waals surface area (Å²) in [6.07, 6.45) is 0.818. The summed E-state index contributed by atoms with van der Waals surface area (Å²) < 4.78 is 43.6. The van der Waals surface area contributed by atoms with Gasteiger partial charge < -0.3 is 14.8 Å². The number of carboxylic acids is 1. The zero-order valence-electron chi connectivity index (χ0n) is 9.62. The van der Waals surface area contributed by atoms with Crippen LogP contribution in [0.2, 0.25) is 0 Å². The van der Waals surface area contributed by atoms with Crippen molar-refractivity contribution in [1.29, 1.82) is 0 Å². The van der Waals surface area contributed by atoms with Gasteiger partial charge in [0.15, 0.2) is 23.2 Å². The van der Waals surface area contributed by atoms with E-state index in [1.807, 2.05) is 5.32 Å². The average molecular weight is 285 g/mol. The Hall–Kier alpha value is -2.77. The first-order valence-electron chi connectivity index (χ1n) is 5.17. The molecule has 0 aliphatic carbocycles. The minimum Gasteiger partial charge on any atom is -0.478 e. The molecule has 0 aliphatic rings. The normalized spacial score (nSPS) is 10.3. The standard InChI is InChI=1S/C12H6F3NO4/c13-6-1-2-7(10(15)9(6)14)16-11(17)8-3-5(4-20-8)12(18)19/h1-4H,(H,16,17)(H,18,19). The summed E-state index contributed by atoms with van der Waals surface area (Å²) in [7, 11) is 0. The zero-order chi connectivity index (χ0) is 14.9. The smallest absolute Gasteiger partial charge is 0.338 e. The van der Waals surface area contributed by atoms with Gasteiger partial charge in [-0.05, 0) is 12.1 Å². The number of furan rings is 1. The van der Waals surface area contributed by atoms with Crippen LogP contribution in [0.5, 0.6) is 0 Å². The Balaban J connectivity index is 2.23. The Morgan fingerprint density at radius 2 is 1.85 bits per heavy atom. The van der Waals surface area contributed by atoms with E-state index >= 15 is 0 Å². The second kappa shape index (κ2) is 5.08. The molecule has 0 saturated carbocycles.